The van der Waals surface area contributed by atoms with Crippen molar-refractivity contribution < 1.29 is 22.7 Å². The van der Waals surface area contributed by atoms with Crippen LogP contribution in [0.3, 0.4) is 0 Å². The largest absolute Gasteiger partial charge is 0.486 e. The van der Waals surface area contributed by atoms with E-state index >= 15 is 0 Å². The summed E-state index contributed by atoms with van der Waals surface area (Å²) >= 11 is 0. The molecule has 8 nitrogen and oxygen atoms in total. The zero-order valence-corrected chi connectivity index (χ0v) is 16.6. The molecule has 2 N–H and O–H groups in total. The van der Waals surface area contributed by atoms with Crippen LogP contribution in [0.15, 0.2) is 47.4 Å². The average molecular weight is 405 g/mol. The number of carbonyl (C=O) groups excluding carboxylic acids is 1. The van der Waals surface area contributed by atoms with Gasteiger partial charge in [0.25, 0.3) is 15.9 Å². The molecule has 0 radical (unpaired) electrons. The molecule has 0 spiro atoms. The molecule has 1 aliphatic heterocycles. The Bertz CT molecular complexity index is 941. The van der Waals surface area contributed by atoms with Gasteiger partial charge in [0.15, 0.2) is 11.5 Å². The Labute approximate surface area is 164 Å². The number of nitrogens with one attached hydrogen (secondary N) is 2. The Morgan fingerprint density at radius 3 is 2.29 bits per heavy atom. The molecule has 0 unspecified atom stereocenters. The van der Waals surface area contributed by atoms with Gasteiger partial charge in [-0.2, -0.15) is 0 Å². The Morgan fingerprint density at radius 2 is 1.64 bits per heavy atom. The van der Waals surface area contributed by atoms with Gasteiger partial charge in [-0.3, -0.25) is 10.2 Å². The quantitative estimate of drug-likeness (QED) is 0.684. The van der Waals surface area contributed by atoms with E-state index in [0.717, 1.165) is 18.8 Å². The molecule has 0 aliphatic carbocycles. The van der Waals surface area contributed by atoms with E-state index in [2.05, 4.69) is 29.0 Å². The van der Waals surface area contributed by atoms with Gasteiger partial charge in [0.05, 0.1) is 4.90 Å². The second kappa shape index (κ2) is 8.49. The SMILES string of the molecule is CCN(CC)c1ccc(C(=O)NNS(=O)(=O)c2ccc3c(c2)OCCO3)cc1. The zero-order valence-electron chi connectivity index (χ0n) is 15.8. The summed E-state index contributed by atoms with van der Waals surface area (Å²) < 4.78 is 35.7. The highest BCUT2D eigenvalue weighted by molar-refractivity contribution is 7.89. The molecule has 9 heteroatoms. The Hall–Kier alpha value is -2.78. The number of anilines is 1. The molecule has 1 aliphatic rings. The maximum atomic E-state index is 12.4. The lowest BCUT2D eigenvalue weighted by molar-refractivity contribution is 0.0945. The third-order valence-electron chi connectivity index (χ3n) is 4.38. The predicted molar refractivity (Wildman–Crippen MR) is 105 cm³/mol. The second-order valence-electron chi connectivity index (χ2n) is 6.08. The number of hydrogen-bond acceptors (Lipinski definition) is 6. The smallest absolute Gasteiger partial charge is 0.266 e. The Balaban J connectivity index is 1.66. The lowest BCUT2D eigenvalue weighted by atomic mass is 10.2. The van der Waals surface area contributed by atoms with Crippen LogP contribution in [0.5, 0.6) is 11.5 Å². The van der Waals surface area contributed by atoms with E-state index in [9.17, 15) is 13.2 Å². The normalized spacial score (nSPS) is 13.1. The van der Waals surface area contributed by atoms with E-state index < -0.39 is 15.9 Å². The van der Waals surface area contributed by atoms with E-state index in [1.807, 2.05) is 12.1 Å². The predicted octanol–water partition coefficient (Wildman–Crippen LogP) is 1.93. The summed E-state index contributed by atoms with van der Waals surface area (Å²) in [5, 5.41) is 0. The molecule has 1 heterocycles. The highest BCUT2D eigenvalue weighted by Crippen LogP contribution is 2.32. The van der Waals surface area contributed by atoms with Crippen LogP contribution in [-0.4, -0.2) is 40.6 Å². The number of ether oxygens (including phenoxy) is 2. The van der Waals surface area contributed by atoms with Crippen LogP contribution in [0.2, 0.25) is 0 Å². The minimum atomic E-state index is -3.95. The van der Waals surface area contributed by atoms with E-state index in [1.54, 1.807) is 12.1 Å². The van der Waals surface area contributed by atoms with Crippen molar-refractivity contribution in [3.8, 4) is 11.5 Å². The molecule has 150 valence electrons. The van der Waals surface area contributed by atoms with Gasteiger partial charge in [-0.1, -0.05) is 0 Å². The second-order valence-corrected chi connectivity index (χ2v) is 7.77. The average Bonchev–Trinajstić information content (AvgIpc) is 2.73. The van der Waals surface area contributed by atoms with Crippen LogP contribution in [-0.2, 0) is 10.0 Å². The lowest BCUT2D eigenvalue weighted by Gasteiger charge is -2.21. The molecule has 0 saturated heterocycles. The fourth-order valence-corrected chi connectivity index (χ4v) is 3.70. The highest BCUT2D eigenvalue weighted by Gasteiger charge is 2.20. The van der Waals surface area contributed by atoms with Crippen LogP contribution < -0.4 is 24.6 Å². The van der Waals surface area contributed by atoms with Gasteiger partial charge in [0, 0.05) is 30.4 Å². The number of carbonyl (C=O) groups is 1. The maximum absolute atomic E-state index is 12.4. The van der Waals surface area contributed by atoms with Crippen molar-refractivity contribution in [3.63, 3.8) is 0 Å². The van der Waals surface area contributed by atoms with Crippen molar-refractivity contribution in [2.45, 2.75) is 18.7 Å². The molecule has 0 atom stereocenters. The van der Waals surface area contributed by atoms with Crippen LogP contribution in [0, 0.1) is 0 Å². The molecule has 3 rings (SSSR count). The van der Waals surface area contributed by atoms with Gasteiger partial charge in [-0.15, -0.1) is 4.83 Å². The molecule has 1 amide bonds. The van der Waals surface area contributed by atoms with Crippen molar-refractivity contribution >= 4 is 21.6 Å². The monoisotopic (exact) mass is 405 g/mol. The summed E-state index contributed by atoms with van der Waals surface area (Å²) in [4.78, 5) is 16.5. The molecular weight excluding hydrogens is 382 g/mol. The van der Waals surface area contributed by atoms with Crippen LogP contribution in [0.4, 0.5) is 5.69 Å². The molecule has 0 bridgehead atoms. The summed E-state index contributed by atoms with van der Waals surface area (Å²) in [6.45, 7) is 6.59. The van der Waals surface area contributed by atoms with Crippen molar-refractivity contribution in [1.82, 2.24) is 10.3 Å². The molecule has 0 saturated carbocycles. The molecule has 0 fully saturated rings. The Kier molecular flexibility index (Phi) is 6.05. The van der Waals surface area contributed by atoms with Crippen molar-refractivity contribution in [1.29, 1.82) is 0 Å². The molecule has 0 aromatic heterocycles. The summed E-state index contributed by atoms with van der Waals surface area (Å²) in [5.41, 5.74) is 3.58. The van der Waals surface area contributed by atoms with Gasteiger partial charge in [0.2, 0.25) is 0 Å². The van der Waals surface area contributed by atoms with Crippen LogP contribution in [0.25, 0.3) is 0 Å². The first kappa shape index (κ1) is 20.0. The Morgan fingerprint density at radius 1 is 1.00 bits per heavy atom. The maximum Gasteiger partial charge on any atom is 0.266 e. The third kappa shape index (κ3) is 4.37. The number of sulfonamides is 1. The minimum Gasteiger partial charge on any atom is -0.486 e. The number of rotatable bonds is 7. The summed E-state index contributed by atoms with van der Waals surface area (Å²) in [6.07, 6.45) is 0. The van der Waals surface area contributed by atoms with E-state index in [4.69, 9.17) is 9.47 Å². The van der Waals surface area contributed by atoms with Gasteiger partial charge in [0.1, 0.15) is 13.2 Å². The van der Waals surface area contributed by atoms with Crippen LogP contribution >= 0.6 is 0 Å². The fourth-order valence-electron chi connectivity index (χ4n) is 2.85. The standard InChI is InChI=1S/C19H23N3O5S/c1-3-22(4-2)15-7-5-14(6-8-15)19(23)20-21-28(24,25)16-9-10-17-18(13-16)27-12-11-26-17/h5-10,13,21H,3-4,11-12H2,1-2H3,(H,20,23). The zero-order chi connectivity index (χ0) is 20.1. The van der Waals surface area contributed by atoms with E-state index in [1.165, 1.54) is 18.2 Å². The summed E-state index contributed by atoms with van der Waals surface area (Å²) in [7, 11) is -3.95. The highest BCUT2D eigenvalue weighted by atomic mass is 32.2. The molecule has 2 aromatic rings. The van der Waals surface area contributed by atoms with Crippen LogP contribution in [0.1, 0.15) is 24.2 Å². The topological polar surface area (TPSA) is 97.0 Å². The van der Waals surface area contributed by atoms with Gasteiger partial charge in [-0.25, -0.2) is 8.42 Å². The third-order valence-corrected chi connectivity index (χ3v) is 5.63. The van der Waals surface area contributed by atoms with Gasteiger partial charge in [-0.05, 0) is 50.2 Å². The first-order valence-electron chi connectivity index (χ1n) is 9.01. The first-order valence-corrected chi connectivity index (χ1v) is 10.5. The molecule has 28 heavy (non-hydrogen) atoms. The summed E-state index contributed by atoms with van der Waals surface area (Å²) in [5.74, 6) is 0.294. The molecular formula is C19H23N3O5S. The van der Waals surface area contributed by atoms with E-state index in [0.29, 0.717) is 30.3 Å². The summed E-state index contributed by atoms with van der Waals surface area (Å²) in [6, 6.07) is 11.2. The molecule has 2 aromatic carbocycles. The number of amides is 1. The number of hydrogen-bond donors (Lipinski definition) is 2. The number of nitrogens with zero attached hydrogens (tertiary/aromatic N) is 1. The van der Waals surface area contributed by atoms with Crippen molar-refractivity contribution in [2.24, 2.45) is 0 Å². The van der Waals surface area contributed by atoms with E-state index in [-0.39, 0.29) is 4.90 Å². The lowest BCUT2D eigenvalue weighted by Crippen LogP contribution is -2.41. The van der Waals surface area contributed by atoms with Gasteiger partial charge >= 0.3 is 0 Å². The van der Waals surface area contributed by atoms with Crippen molar-refractivity contribution in [3.05, 3.63) is 48.0 Å². The fraction of sp³-hybridized carbons (Fsp3) is 0.316. The first-order chi connectivity index (χ1) is 13.4. The number of benzene rings is 2. The minimum absolute atomic E-state index is 0.0334. The van der Waals surface area contributed by atoms with Crippen molar-refractivity contribution in [2.75, 3.05) is 31.2 Å². The number of fused-ring (bicyclic) bond motifs is 1. The number of hydrazine groups is 1. The van der Waals surface area contributed by atoms with Gasteiger partial charge < -0.3 is 14.4 Å².